The van der Waals surface area contributed by atoms with E-state index < -0.39 is 5.60 Å². The summed E-state index contributed by atoms with van der Waals surface area (Å²) in [5.74, 6) is 0.344. The van der Waals surface area contributed by atoms with Gasteiger partial charge in [0.1, 0.15) is 5.60 Å². The molecular formula is C17H26N2O. The first-order chi connectivity index (χ1) is 9.39. The van der Waals surface area contributed by atoms with E-state index in [9.17, 15) is 5.11 Å². The molecule has 2 rings (SSSR count). The molecule has 0 aliphatic heterocycles. The maximum absolute atomic E-state index is 10.3. The second-order valence-electron chi connectivity index (χ2n) is 5.42. The first-order valence-corrected chi connectivity index (χ1v) is 7.28. The molecule has 1 aromatic heterocycles. The van der Waals surface area contributed by atoms with Crippen molar-refractivity contribution in [3.05, 3.63) is 47.8 Å². The average Bonchev–Trinajstić information content (AvgIpc) is 2.87. The van der Waals surface area contributed by atoms with Gasteiger partial charge in [-0.15, -0.1) is 0 Å². The highest BCUT2D eigenvalue weighted by Crippen LogP contribution is 2.26. The summed E-state index contributed by atoms with van der Waals surface area (Å²) in [5, 5.41) is 14.9. The second kappa shape index (κ2) is 6.71. The molecular weight excluding hydrogens is 248 g/mol. The molecule has 0 unspecified atom stereocenters. The van der Waals surface area contributed by atoms with Crippen LogP contribution in [-0.2, 0) is 5.60 Å². The number of hydrogen-bond donors (Lipinski definition) is 1. The van der Waals surface area contributed by atoms with E-state index in [1.165, 1.54) is 0 Å². The minimum Gasteiger partial charge on any atom is -0.384 e. The van der Waals surface area contributed by atoms with Gasteiger partial charge in [0.05, 0.1) is 17.1 Å². The molecule has 0 fully saturated rings. The lowest BCUT2D eigenvalue weighted by molar-refractivity contribution is 0.0711. The Kier molecular flexibility index (Phi) is 5.52. The third-order valence-electron chi connectivity index (χ3n) is 2.95. The summed E-state index contributed by atoms with van der Waals surface area (Å²) in [6, 6.07) is 11.9. The van der Waals surface area contributed by atoms with Crippen LogP contribution in [0.4, 0.5) is 0 Å². The Morgan fingerprint density at radius 2 is 1.65 bits per heavy atom. The number of rotatable bonds is 3. The van der Waals surface area contributed by atoms with Crippen molar-refractivity contribution in [3.63, 3.8) is 0 Å². The lowest BCUT2D eigenvalue weighted by Gasteiger charge is -2.18. The number of aromatic nitrogens is 2. The zero-order valence-corrected chi connectivity index (χ0v) is 13.4. The predicted molar refractivity (Wildman–Crippen MR) is 84.2 cm³/mol. The molecule has 2 aromatic rings. The highest BCUT2D eigenvalue weighted by Gasteiger charge is 2.24. The SMILES string of the molecule is CC.CC(C)c1cc(C(C)(C)O)n(-c2ccccc2)n1. The Hall–Kier alpha value is -1.61. The fourth-order valence-corrected chi connectivity index (χ4v) is 1.88. The Morgan fingerprint density at radius 3 is 2.10 bits per heavy atom. The summed E-state index contributed by atoms with van der Waals surface area (Å²) in [5.41, 5.74) is 1.88. The van der Waals surface area contributed by atoms with Gasteiger partial charge in [0, 0.05) is 0 Å². The van der Waals surface area contributed by atoms with Crippen LogP contribution in [0.25, 0.3) is 5.69 Å². The quantitative estimate of drug-likeness (QED) is 0.908. The smallest absolute Gasteiger partial charge is 0.101 e. The van der Waals surface area contributed by atoms with Gasteiger partial charge in [-0.25, -0.2) is 4.68 Å². The van der Waals surface area contributed by atoms with Crippen LogP contribution in [0.15, 0.2) is 36.4 Å². The third kappa shape index (κ3) is 3.70. The second-order valence-corrected chi connectivity index (χ2v) is 5.42. The lowest BCUT2D eigenvalue weighted by atomic mass is 10.0. The van der Waals surface area contributed by atoms with Crippen LogP contribution in [0, 0.1) is 0 Å². The molecule has 3 nitrogen and oxygen atoms in total. The van der Waals surface area contributed by atoms with E-state index in [0.717, 1.165) is 17.1 Å². The van der Waals surface area contributed by atoms with Gasteiger partial charge >= 0.3 is 0 Å². The summed E-state index contributed by atoms with van der Waals surface area (Å²) < 4.78 is 1.83. The fraction of sp³-hybridized carbons (Fsp3) is 0.471. The van der Waals surface area contributed by atoms with E-state index in [1.54, 1.807) is 13.8 Å². The standard InChI is InChI=1S/C15H20N2O.C2H6/c1-11(2)13-10-14(15(3,4)18)17(16-13)12-8-6-5-7-9-12;1-2/h5-11,18H,1-4H3;1-2H3. The van der Waals surface area contributed by atoms with Crippen LogP contribution in [0.5, 0.6) is 0 Å². The molecule has 0 aliphatic rings. The van der Waals surface area contributed by atoms with E-state index in [1.807, 2.05) is 54.9 Å². The molecule has 0 saturated heterocycles. The maximum atomic E-state index is 10.3. The molecule has 0 saturated carbocycles. The molecule has 0 amide bonds. The molecule has 1 N–H and O–H groups in total. The Bertz CT molecular complexity index is 522. The van der Waals surface area contributed by atoms with Gasteiger partial charge < -0.3 is 5.11 Å². The number of aliphatic hydroxyl groups is 1. The maximum Gasteiger partial charge on any atom is 0.101 e. The summed E-state index contributed by atoms with van der Waals surface area (Å²) >= 11 is 0. The normalized spacial score (nSPS) is 11.2. The molecule has 0 radical (unpaired) electrons. The number of para-hydroxylation sites is 1. The van der Waals surface area contributed by atoms with E-state index in [-0.39, 0.29) is 0 Å². The van der Waals surface area contributed by atoms with Gasteiger partial charge in [-0.05, 0) is 38.0 Å². The number of hydrogen-bond acceptors (Lipinski definition) is 2. The first-order valence-electron chi connectivity index (χ1n) is 7.28. The molecule has 1 aromatic carbocycles. The largest absolute Gasteiger partial charge is 0.384 e. The van der Waals surface area contributed by atoms with Crippen LogP contribution in [0.3, 0.4) is 0 Å². The summed E-state index contributed by atoms with van der Waals surface area (Å²) in [6.45, 7) is 11.8. The number of nitrogens with zero attached hydrogens (tertiary/aromatic N) is 2. The summed E-state index contributed by atoms with van der Waals surface area (Å²) in [6.07, 6.45) is 0. The molecule has 110 valence electrons. The van der Waals surface area contributed by atoms with Crippen molar-refractivity contribution in [2.24, 2.45) is 0 Å². The zero-order chi connectivity index (χ0) is 15.3. The minimum atomic E-state index is -0.907. The van der Waals surface area contributed by atoms with Crippen molar-refractivity contribution in [1.82, 2.24) is 9.78 Å². The Balaban J connectivity index is 0.000000956. The Morgan fingerprint density at radius 1 is 1.10 bits per heavy atom. The molecule has 0 aliphatic carbocycles. The lowest BCUT2D eigenvalue weighted by Crippen LogP contribution is -2.20. The van der Waals surface area contributed by atoms with Crippen LogP contribution in [0.2, 0.25) is 0 Å². The van der Waals surface area contributed by atoms with Gasteiger partial charge in [0.2, 0.25) is 0 Å². The van der Waals surface area contributed by atoms with Crippen LogP contribution in [0.1, 0.15) is 58.8 Å². The van der Waals surface area contributed by atoms with Gasteiger partial charge in [-0.3, -0.25) is 0 Å². The minimum absolute atomic E-state index is 0.344. The van der Waals surface area contributed by atoms with Crippen LogP contribution < -0.4 is 0 Å². The molecule has 1 heterocycles. The van der Waals surface area contributed by atoms with Gasteiger partial charge in [-0.2, -0.15) is 5.10 Å². The highest BCUT2D eigenvalue weighted by molar-refractivity contribution is 5.35. The van der Waals surface area contributed by atoms with E-state index in [4.69, 9.17) is 0 Å². The zero-order valence-electron chi connectivity index (χ0n) is 13.4. The molecule has 0 atom stereocenters. The fourth-order valence-electron chi connectivity index (χ4n) is 1.88. The van der Waals surface area contributed by atoms with Crippen molar-refractivity contribution in [2.45, 2.75) is 53.1 Å². The topological polar surface area (TPSA) is 38.0 Å². The molecule has 3 heteroatoms. The van der Waals surface area contributed by atoms with E-state index in [2.05, 4.69) is 18.9 Å². The molecule has 0 spiro atoms. The van der Waals surface area contributed by atoms with Crippen molar-refractivity contribution in [3.8, 4) is 5.69 Å². The Labute approximate surface area is 122 Å². The first kappa shape index (κ1) is 16.4. The van der Waals surface area contributed by atoms with Crippen molar-refractivity contribution in [1.29, 1.82) is 0 Å². The van der Waals surface area contributed by atoms with Crippen LogP contribution in [-0.4, -0.2) is 14.9 Å². The van der Waals surface area contributed by atoms with E-state index in [0.29, 0.717) is 5.92 Å². The van der Waals surface area contributed by atoms with Crippen molar-refractivity contribution in [2.75, 3.05) is 0 Å². The van der Waals surface area contributed by atoms with Crippen molar-refractivity contribution < 1.29 is 5.11 Å². The van der Waals surface area contributed by atoms with Crippen molar-refractivity contribution >= 4 is 0 Å². The summed E-state index contributed by atoms with van der Waals surface area (Å²) in [7, 11) is 0. The highest BCUT2D eigenvalue weighted by atomic mass is 16.3. The molecule has 20 heavy (non-hydrogen) atoms. The van der Waals surface area contributed by atoms with Crippen LogP contribution >= 0.6 is 0 Å². The summed E-state index contributed by atoms with van der Waals surface area (Å²) in [4.78, 5) is 0. The van der Waals surface area contributed by atoms with E-state index >= 15 is 0 Å². The van der Waals surface area contributed by atoms with Gasteiger partial charge in [0.15, 0.2) is 0 Å². The average molecular weight is 274 g/mol. The predicted octanol–water partition coefficient (Wildman–Crippen LogP) is 4.25. The monoisotopic (exact) mass is 274 g/mol. The number of benzene rings is 1. The third-order valence-corrected chi connectivity index (χ3v) is 2.95. The van der Waals surface area contributed by atoms with Gasteiger partial charge in [0.25, 0.3) is 0 Å². The van der Waals surface area contributed by atoms with Gasteiger partial charge in [-0.1, -0.05) is 45.9 Å². The molecule has 0 bridgehead atoms.